The Morgan fingerprint density at radius 1 is 1.23 bits per heavy atom. The van der Waals surface area contributed by atoms with Crippen LogP contribution in [0.2, 0.25) is 0 Å². The van der Waals surface area contributed by atoms with Gasteiger partial charge in [0.25, 0.3) is 0 Å². The minimum absolute atomic E-state index is 0.0901. The van der Waals surface area contributed by atoms with Crippen LogP contribution in [0.4, 0.5) is 0 Å². The molecule has 0 saturated heterocycles. The lowest BCUT2D eigenvalue weighted by molar-refractivity contribution is 0.230. The number of hydrogen-bond donors (Lipinski definition) is 0. The highest BCUT2D eigenvalue weighted by atomic mass is 35.5. The molecule has 0 N–H and O–H groups in total. The van der Waals surface area contributed by atoms with Crippen LogP contribution >= 0.6 is 42.4 Å². The Morgan fingerprint density at radius 3 is 1.85 bits per heavy atom. The molecule has 78 valence electrons. The maximum atomic E-state index is 11.6. The SMILES string of the molecule is C=C(Cl)P(=O)(OCCCl)OCCCl. The predicted octanol–water partition coefficient (Wildman–Crippen LogP) is 3.40. The quantitative estimate of drug-likeness (QED) is 0.524. The maximum Gasteiger partial charge on any atom is 0.372 e. The number of halogens is 3. The van der Waals surface area contributed by atoms with Gasteiger partial charge in [0.05, 0.1) is 13.2 Å². The molecule has 0 spiro atoms. The predicted molar refractivity (Wildman–Crippen MR) is 55.9 cm³/mol. The summed E-state index contributed by atoms with van der Waals surface area (Å²) in [6.45, 7) is 3.48. The Balaban J connectivity index is 4.18. The molecular formula is C6H10Cl3O3P. The van der Waals surface area contributed by atoms with Gasteiger partial charge in [-0.3, -0.25) is 4.57 Å². The highest BCUT2D eigenvalue weighted by molar-refractivity contribution is 7.61. The van der Waals surface area contributed by atoms with Gasteiger partial charge in [-0.1, -0.05) is 18.2 Å². The van der Waals surface area contributed by atoms with E-state index < -0.39 is 7.60 Å². The Bertz CT molecular complexity index is 197. The fourth-order valence-corrected chi connectivity index (χ4v) is 2.17. The van der Waals surface area contributed by atoms with Gasteiger partial charge < -0.3 is 9.05 Å². The van der Waals surface area contributed by atoms with Crippen LogP contribution in [-0.4, -0.2) is 25.0 Å². The van der Waals surface area contributed by atoms with Crippen molar-refractivity contribution in [1.82, 2.24) is 0 Å². The van der Waals surface area contributed by atoms with Crippen molar-refractivity contribution in [2.45, 2.75) is 0 Å². The van der Waals surface area contributed by atoms with Gasteiger partial charge in [-0.2, -0.15) is 0 Å². The Kier molecular flexibility index (Phi) is 7.52. The zero-order valence-electron chi connectivity index (χ0n) is 6.84. The average molecular weight is 267 g/mol. The van der Waals surface area contributed by atoms with Gasteiger partial charge in [0.1, 0.15) is 4.77 Å². The van der Waals surface area contributed by atoms with Crippen LogP contribution in [0.1, 0.15) is 0 Å². The van der Waals surface area contributed by atoms with Crippen molar-refractivity contribution in [3.63, 3.8) is 0 Å². The molecule has 0 saturated carbocycles. The normalized spacial score (nSPS) is 11.6. The monoisotopic (exact) mass is 266 g/mol. The van der Waals surface area contributed by atoms with Crippen molar-refractivity contribution >= 4 is 42.4 Å². The van der Waals surface area contributed by atoms with Crippen molar-refractivity contribution in [3.8, 4) is 0 Å². The summed E-state index contributed by atoms with van der Waals surface area (Å²) in [6.07, 6.45) is 0. The molecule has 0 unspecified atom stereocenters. The van der Waals surface area contributed by atoms with Crippen molar-refractivity contribution < 1.29 is 13.6 Å². The molecule has 0 aromatic rings. The van der Waals surface area contributed by atoms with Crippen LogP contribution in [0.5, 0.6) is 0 Å². The summed E-state index contributed by atoms with van der Waals surface area (Å²) in [6, 6.07) is 0. The van der Waals surface area contributed by atoms with E-state index in [0.29, 0.717) is 0 Å². The summed E-state index contributed by atoms with van der Waals surface area (Å²) in [5.74, 6) is 0.413. The lowest BCUT2D eigenvalue weighted by Gasteiger charge is -2.15. The second kappa shape index (κ2) is 7.10. The molecule has 0 aliphatic carbocycles. The van der Waals surface area contributed by atoms with Gasteiger partial charge in [-0.05, 0) is 0 Å². The zero-order chi connectivity index (χ0) is 10.3. The van der Waals surface area contributed by atoms with Gasteiger partial charge >= 0.3 is 7.60 Å². The number of hydrogen-bond acceptors (Lipinski definition) is 3. The first kappa shape index (κ1) is 13.8. The molecule has 0 rings (SSSR count). The highest BCUT2D eigenvalue weighted by Crippen LogP contribution is 2.56. The molecule has 0 aliphatic heterocycles. The third-order valence-corrected chi connectivity index (χ3v) is 3.54. The van der Waals surface area contributed by atoms with Crippen LogP contribution < -0.4 is 0 Å². The first-order valence-electron chi connectivity index (χ1n) is 3.43. The van der Waals surface area contributed by atoms with E-state index in [9.17, 15) is 4.57 Å². The first-order valence-corrected chi connectivity index (χ1v) is 6.42. The third-order valence-electron chi connectivity index (χ3n) is 0.974. The molecule has 0 heterocycles. The largest absolute Gasteiger partial charge is 0.372 e. The number of alkyl halides is 2. The molecule has 3 nitrogen and oxygen atoms in total. The summed E-state index contributed by atoms with van der Waals surface area (Å²) < 4.78 is 21.2. The van der Waals surface area contributed by atoms with Gasteiger partial charge in [-0.15, -0.1) is 23.2 Å². The molecule has 7 heteroatoms. The molecule has 0 aromatic carbocycles. The molecule has 13 heavy (non-hydrogen) atoms. The van der Waals surface area contributed by atoms with Crippen molar-refractivity contribution in [3.05, 3.63) is 11.4 Å². The summed E-state index contributed by atoms with van der Waals surface area (Å²) in [7, 11) is -3.42. The number of rotatable bonds is 7. The summed E-state index contributed by atoms with van der Waals surface area (Å²) >= 11 is 16.2. The van der Waals surface area contributed by atoms with E-state index in [2.05, 4.69) is 6.58 Å². The second-order valence-electron chi connectivity index (χ2n) is 1.92. The topological polar surface area (TPSA) is 35.5 Å². The van der Waals surface area contributed by atoms with Crippen LogP contribution in [0.3, 0.4) is 0 Å². The van der Waals surface area contributed by atoms with E-state index in [1.807, 2.05) is 0 Å². The van der Waals surface area contributed by atoms with E-state index in [4.69, 9.17) is 43.9 Å². The first-order chi connectivity index (χ1) is 6.06. The fourth-order valence-electron chi connectivity index (χ4n) is 0.487. The second-order valence-corrected chi connectivity index (χ2v) is 5.45. The molecule has 0 atom stereocenters. The highest BCUT2D eigenvalue weighted by Gasteiger charge is 2.27. The van der Waals surface area contributed by atoms with E-state index >= 15 is 0 Å². The molecular weight excluding hydrogens is 257 g/mol. The van der Waals surface area contributed by atoms with Gasteiger partial charge in [0.2, 0.25) is 0 Å². The summed E-state index contributed by atoms with van der Waals surface area (Å²) in [4.78, 5) is 0. The fraction of sp³-hybridized carbons (Fsp3) is 0.667. The minimum atomic E-state index is -3.42. The van der Waals surface area contributed by atoms with Crippen molar-refractivity contribution in [2.75, 3.05) is 25.0 Å². The van der Waals surface area contributed by atoms with Gasteiger partial charge in [0, 0.05) is 11.8 Å². The lowest BCUT2D eigenvalue weighted by atomic mass is 10.9. The molecule has 0 aromatic heterocycles. The minimum Gasteiger partial charge on any atom is -0.303 e. The Hall–Kier alpha value is 0.760. The van der Waals surface area contributed by atoms with Crippen LogP contribution in [0.25, 0.3) is 0 Å². The van der Waals surface area contributed by atoms with E-state index in [-0.39, 0.29) is 29.7 Å². The van der Waals surface area contributed by atoms with Crippen molar-refractivity contribution in [1.29, 1.82) is 0 Å². The van der Waals surface area contributed by atoms with Gasteiger partial charge in [0.15, 0.2) is 0 Å². The lowest BCUT2D eigenvalue weighted by Crippen LogP contribution is -2.00. The van der Waals surface area contributed by atoms with Crippen LogP contribution in [0, 0.1) is 0 Å². The molecule has 0 fully saturated rings. The molecule has 0 bridgehead atoms. The summed E-state index contributed by atoms with van der Waals surface area (Å²) in [5.41, 5.74) is 0. The molecule has 0 radical (unpaired) electrons. The average Bonchev–Trinajstić information content (AvgIpc) is 2.11. The standard InChI is InChI=1S/C6H10Cl3O3P/c1-6(9)13(10,11-4-2-7)12-5-3-8/h1-5H2. The van der Waals surface area contributed by atoms with E-state index in [1.165, 1.54) is 0 Å². The molecule has 0 aliphatic rings. The smallest absolute Gasteiger partial charge is 0.303 e. The van der Waals surface area contributed by atoms with E-state index in [0.717, 1.165) is 0 Å². The van der Waals surface area contributed by atoms with Crippen molar-refractivity contribution in [2.24, 2.45) is 0 Å². The van der Waals surface area contributed by atoms with E-state index in [1.54, 1.807) is 0 Å². The summed E-state index contributed by atoms with van der Waals surface area (Å²) in [5, 5.41) is 0. The molecule has 0 amide bonds. The van der Waals surface area contributed by atoms with Crippen LogP contribution in [0.15, 0.2) is 11.4 Å². The maximum absolute atomic E-state index is 11.6. The zero-order valence-corrected chi connectivity index (χ0v) is 10.0. The Labute approximate surface area is 92.5 Å². The Morgan fingerprint density at radius 2 is 1.62 bits per heavy atom. The van der Waals surface area contributed by atoms with Gasteiger partial charge in [-0.25, -0.2) is 0 Å². The van der Waals surface area contributed by atoms with Crippen LogP contribution in [-0.2, 0) is 13.6 Å². The third kappa shape index (κ3) is 5.26.